The van der Waals surface area contributed by atoms with E-state index in [0.29, 0.717) is 13.2 Å². The number of ether oxygens (including phenoxy) is 3. The number of benzene rings is 2. The van der Waals surface area contributed by atoms with Crippen LogP contribution in [0.4, 0.5) is 0 Å². The first kappa shape index (κ1) is 27.4. The number of hydrogen-bond donors (Lipinski definition) is 2. The normalized spacial score (nSPS) is 15.4. The van der Waals surface area contributed by atoms with E-state index < -0.39 is 0 Å². The van der Waals surface area contributed by atoms with Gasteiger partial charge in [-0.25, -0.2) is 4.99 Å². The van der Waals surface area contributed by atoms with Crippen LogP contribution in [0.15, 0.2) is 53.5 Å². The topological polar surface area (TPSA) is 67.4 Å². The molecule has 2 aromatic carbocycles. The molecule has 1 aliphatic heterocycles. The molecule has 0 aromatic heterocycles. The molecule has 1 aliphatic rings. The Labute approximate surface area is 214 Å². The van der Waals surface area contributed by atoms with Crippen molar-refractivity contribution in [3.05, 3.63) is 65.2 Å². The van der Waals surface area contributed by atoms with Gasteiger partial charge in [-0.05, 0) is 35.7 Å². The summed E-state index contributed by atoms with van der Waals surface area (Å²) < 4.78 is 16.1. The van der Waals surface area contributed by atoms with Crippen LogP contribution in [0.1, 0.15) is 29.7 Å². The third kappa shape index (κ3) is 8.77. The summed E-state index contributed by atoms with van der Waals surface area (Å²) in [4.78, 5) is 7.27. The minimum atomic E-state index is 0. The Bertz CT molecular complexity index is 825. The van der Waals surface area contributed by atoms with Gasteiger partial charge in [-0.2, -0.15) is 0 Å². The molecule has 3 rings (SSSR count). The lowest BCUT2D eigenvalue weighted by atomic mass is 10.0. The molecule has 1 atom stereocenters. The highest BCUT2D eigenvalue weighted by atomic mass is 127. The molecule has 1 fully saturated rings. The van der Waals surface area contributed by atoms with Crippen molar-refractivity contribution in [2.45, 2.75) is 26.1 Å². The summed E-state index contributed by atoms with van der Waals surface area (Å²) >= 11 is 0. The van der Waals surface area contributed by atoms with E-state index in [-0.39, 0.29) is 30.0 Å². The Hall–Kier alpha value is -1.88. The molecule has 182 valence electrons. The molecule has 0 aliphatic carbocycles. The zero-order valence-corrected chi connectivity index (χ0v) is 22.2. The smallest absolute Gasteiger partial charge is 0.191 e. The number of morpholine rings is 1. The Morgan fingerprint density at radius 1 is 1.00 bits per heavy atom. The van der Waals surface area contributed by atoms with E-state index in [0.717, 1.165) is 56.7 Å². The lowest BCUT2D eigenvalue weighted by Gasteiger charge is -2.35. The zero-order chi connectivity index (χ0) is 22.6. The van der Waals surface area contributed by atoms with Crippen molar-refractivity contribution in [1.82, 2.24) is 15.5 Å². The van der Waals surface area contributed by atoms with Crippen LogP contribution in [0, 0.1) is 0 Å². The number of halogens is 1. The highest BCUT2D eigenvalue weighted by Crippen LogP contribution is 2.23. The molecule has 0 amide bonds. The Balaban J connectivity index is 0.00000385. The van der Waals surface area contributed by atoms with Gasteiger partial charge in [-0.3, -0.25) is 4.90 Å². The SMILES string of the molecule is CCNC(=NCc1ccc(COC)cc1)NCC(c1ccc(OC)cc1)N1CCOCC1.I. The number of guanidine groups is 1. The van der Waals surface area contributed by atoms with Crippen molar-refractivity contribution in [3.63, 3.8) is 0 Å². The quantitative estimate of drug-likeness (QED) is 0.260. The lowest BCUT2D eigenvalue weighted by molar-refractivity contribution is 0.0170. The summed E-state index contributed by atoms with van der Waals surface area (Å²) in [6, 6.07) is 17.0. The first-order valence-electron chi connectivity index (χ1n) is 11.3. The molecule has 8 heteroatoms. The van der Waals surface area contributed by atoms with Crippen LogP contribution in [0.5, 0.6) is 5.75 Å². The molecule has 2 aromatic rings. The Morgan fingerprint density at radius 2 is 1.67 bits per heavy atom. The summed E-state index contributed by atoms with van der Waals surface area (Å²) in [5, 5.41) is 6.92. The largest absolute Gasteiger partial charge is 0.497 e. The molecule has 2 N–H and O–H groups in total. The van der Waals surface area contributed by atoms with Crippen molar-refractivity contribution in [2.24, 2.45) is 4.99 Å². The summed E-state index contributed by atoms with van der Waals surface area (Å²) in [7, 11) is 3.41. The number of aliphatic imine (C=N–C) groups is 1. The predicted octanol–water partition coefficient (Wildman–Crippen LogP) is 3.59. The highest BCUT2D eigenvalue weighted by molar-refractivity contribution is 14.0. The number of hydrogen-bond acceptors (Lipinski definition) is 5. The summed E-state index contributed by atoms with van der Waals surface area (Å²) in [6.07, 6.45) is 0. The molecule has 1 saturated heterocycles. The molecule has 1 unspecified atom stereocenters. The van der Waals surface area contributed by atoms with Gasteiger partial charge in [0.2, 0.25) is 0 Å². The van der Waals surface area contributed by atoms with Gasteiger partial charge in [-0.15, -0.1) is 24.0 Å². The zero-order valence-electron chi connectivity index (χ0n) is 19.9. The van der Waals surface area contributed by atoms with Crippen LogP contribution < -0.4 is 15.4 Å². The van der Waals surface area contributed by atoms with Crippen LogP contribution in [0.2, 0.25) is 0 Å². The summed E-state index contributed by atoms with van der Waals surface area (Å²) in [5.41, 5.74) is 3.59. The van der Waals surface area contributed by atoms with Crippen molar-refractivity contribution in [3.8, 4) is 5.75 Å². The Kier molecular flexibility index (Phi) is 12.5. The van der Waals surface area contributed by atoms with Crippen LogP contribution in [0.25, 0.3) is 0 Å². The molecule has 0 bridgehead atoms. The van der Waals surface area contributed by atoms with Gasteiger partial charge in [0.15, 0.2) is 5.96 Å². The number of nitrogens with zero attached hydrogens (tertiary/aromatic N) is 2. The van der Waals surface area contributed by atoms with Crippen LogP contribution in [-0.2, 0) is 22.6 Å². The second-order valence-electron chi connectivity index (χ2n) is 7.76. The molecular formula is C25H37IN4O3. The fourth-order valence-corrected chi connectivity index (χ4v) is 3.79. The van der Waals surface area contributed by atoms with E-state index in [9.17, 15) is 0 Å². The van der Waals surface area contributed by atoms with E-state index in [2.05, 4.69) is 58.9 Å². The van der Waals surface area contributed by atoms with Crippen LogP contribution in [-0.4, -0.2) is 64.5 Å². The van der Waals surface area contributed by atoms with Gasteiger partial charge in [0.05, 0.1) is 39.5 Å². The van der Waals surface area contributed by atoms with Crippen LogP contribution in [0.3, 0.4) is 0 Å². The fraction of sp³-hybridized carbons (Fsp3) is 0.480. The minimum absolute atomic E-state index is 0. The molecular weight excluding hydrogens is 531 g/mol. The Morgan fingerprint density at radius 3 is 2.27 bits per heavy atom. The van der Waals surface area contributed by atoms with E-state index in [1.165, 1.54) is 11.1 Å². The first-order valence-corrected chi connectivity index (χ1v) is 11.3. The first-order chi connectivity index (χ1) is 15.7. The second kappa shape index (κ2) is 15.1. The van der Waals surface area contributed by atoms with Crippen molar-refractivity contribution >= 4 is 29.9 Å². The maximum absolute atomic E-state index is 5.57. The number of methoxy groups -OCH3 is 2. The average molecular weight is 569 g/mol. The maximum atomic E-state index is 5.57. The van der Waals surface area contributed by atoms with Crippen molar-refractivity contribution in [2.75, 3.05) is 53.6 Å². The highest BCUT2D eigenvalue weighted by Gasteiger charge is 2.23. The summed E-state index contributed by atoms with van der Waals surface area (Å²) in [5.74, 6) is 1.69. The molecule has 1 heterocycles. The molecule has 33 heavy (non-hydrogen) atoms. The maximum Gasteiger partial charge on any atom is 0.191 e. The van der Waals surface area contributed by atoms with Gasteiger partial charge < -0.3 is 24.8 Å². The molecule has 0 radical (unpaired) electrons. The second-order valence-corrected chi connectivity index (χ2v) is 7.76. The van der Waals surface area contributed by atoms with Crippen LogP contribution >= 0.6 is 24.0 Å². The van der Waals surface area contributed by atoms with Gasteiger partial charge in [0.25, 0.3) is 0 Å². The summed E-state index contributed by atoms with van der Waals surface area (Å²) in [6.45, 7) is 8.25. The third-order valence-electron chi connectivity index (χ3n) is 5.55. The lowest BCUT2D eigenvalue weighted by Crippen LogP contribution is -2.46. The third-order valence-corrected chi connectivity index (χ3v) is 5.55. The van der Waals surface area contributed by atoms with Gasteiger partial charge in [-0.1, -0.05) is 36.4 Å². The molecule has 0 saturated carbocycles. The number of nitrogens with one attached hydrogen (secondary N) is 2. The fourth-order valence-electron chi connectivity index (χ4n) is 3.79. The van der Waals surface area contributed by atoms with Gasteiger partial charge in [0.1, 0.15) is 5.75 Å². The van der Waals surface area contributed by atoms with E-state index in [4.69, 9.17) is 19.2 Å². The molecule has 7 nitrogen and oxygen atoms in total. The van der Waals surface area contributed by atoms with Crippen molar-refractivity contribution in [1.29, 1.82) is 0 Å². The average Bonchev–Trinajstić information content (AvgIpc) is 2.84. The minimum Gasteiger partial charge on any atom is -0.497 e. The van der Waals surface area contributed by atoms with Gasteiger partial charge in [0, 0.05) is 33.3 Å². The van der Waals surface area contributed by atoms with Gasteiger partial charge >= 0.3 is 0 Å². The monoisotopic (exact) mass is 568 g/mol. The number of rotatable bonds is 10. The molecule has 0 spiro atoms. The van der Waals surface area contributed by atoms with Crippen molar-refractivity contribution < 1.29 is 14.2 Å². The van der Waals surface area contributed by atoms with E-state index in [1.54, 1.807) is 14.2 Å². The standard InChI is InChI=1S/C25H36N4O3.HI/c1-4-26-25(27-17-20-5-7-21(8-6-20)19-30-2)28-18-24(29-13-15-32-16-14-29)22-9-11-23(31-3)12-10-22;/h5-12,24H,4,13-19H2,1-3H3,(H2,26,27,28);1H. The predicted molar refractivity (Wildman–Crippen MR) is 144 cm³/mol. The van der Waals surface area contributed by atoms with E-state index >= 15 is 0 Å². The van der Waals surface area contributed by atoms with E-state index in [1.807, 2.05) is 12.1 Å².